The average Bonchev–Trinajstić information content (AvgIpc) is 3.24. The van der Waals surface area contributed by atoms with E-state index in [1.54, 1.807) is 12.3 Å². The Hall–Kier alpha value is -1.46. The number of nitrogens with zero attached hydrogens (tertiary/aromatic N) is 2. The highest BCUT2D eigenvalue weighted by Gasteiger charge is 2.32. The van der Waals surface area contributed by atoms with Gasteiger partial charge in [-0.3, -0.25) is 9.88 Å². The van der Waals surface area contributed by atoms with Crippen molar-refractivity contribution in [3.05, 3.63) is 29.6 Å². The first-order chi connectivity index (χ1) is 9.15. The predicted molar refractivity (Wildman–Crippen MR) is 72.6 cm³/mol. The summed E-state index contributed by atoms with van der Waals surface area (Å²) in [5, 5.41) is 0. The Kier molecular flexibility index (Phi) is 4.50. The zero-order chi connectivity index (χ0) is 13.8. The summed E-state index contributed by atoms with van der Waals surface area (Å²) in [5.41, 5.74) is 7.24. The minimum absolute atomic E-state index is 0.356. The highest BCUT2D eigenvalue weighted by Crippen LogP contribution is 2.34. The number of methoxy groups -OCH3 is 1. The van der Waals surface area contributed by atoms with Gasteiger partial charge in [0, 0.05) is 25.3 Å². The summed E-state index contributed by atoms with van der Waals surface area (Å²) >= 11 is 0. The predicted octanol–water partition coefficient (Wildman–Crippen LogP) is 1.04. The van der Waals surface area contributed by atoms with E-state index in [0.29, 0.717) is 18.2 Å². The number of aromatic nitrogens is 1. The van der Waals surface area contributed by atoms with E-state index in [1.807, 2.05) is 6.07 Å². The molecule has 104 valence electrons. The molecule has 19 heavy (non-hydrogen) atoms. The number of ether oxygens (including phenoxy) is 1. The van der Waals surface area contributed by atoms with Gasteiger partial charge in [0.15, 0.2) is 0 Å². The third kappa shape index (κ3) is 3.52. The fraction of sp³-hybridized carbons (Fsp3) is 0.571. The van der Waals surface area contributed by atoms with Crippen molar-refractivity contribution < 1.29 is 9.53 Å². The Bertz CT molecular complexity index is 429. The molecule has 5 nitrogen and oxygen atoms in total. The minimum Gasteiger partial charge on any atom is -0.465 e. The van der Waals surface area contributed by atoms with Gasteiger partial charge in [-0.2, -0.15) is 0 Å². The number of hydrogen-bond acceptors (Lipinski definition) is 5. The van der Waals surface area contributed by atoms with Gasteiger partial charge in [-0.15, -0.1) is 0 Å². The highest BCUT2D eigenvalue weighted by atomic mass is 16.5. The molecule has 1 aromatic heterocycles. The maximum atomic E-state index is 11.3. The molecule has 0 saturated heterocycles. The number of pyridine rings is 1. The molecule has 1 saturated carbocycles. The van der Waals surface area contributed by atoms with Gasteiger partial charge in [-0.1, -0.05) is 0 Å². The molecule has 0 aromatic carbocycles. The number of carbonyl (C=O) groups excluding carboxylic acids is 1. The largest absolute Gasteiger partial charge is 0.465 e. The van der Waals surface area contributed by atoms with E-state index in [1.165, 1.54) is 20.0 Å². The third-order valence-electron chi connectivity index (χ3n) is 3.63. The zero-order valence-corrected chi connectivity index (χ0v) is 11.5. The lowest BCUT2D eigenvalue weighted by atomic mass is 10.1. The molecule has 0 spiro atoms. The average molecular weight is 263 g/mol. The van der Waals surface area contributed by atoms with Crippen LogP contribution in [0.25, 0.3) is 0 Å². The summed E-state index contributed by atoms with van der Waals surface area (Å²) in [6.45, 7) is 1.43. The molecule has 0 amide bonds. The quantitative estimate of drug-likeness (QED) is 0.777. The van der Waals surface area contributed by atoms with Crippen molar-refractivity contribution in [1.82, 2.24) is 9.88 Å². The number of rotatable bonds is 6. The second-order valence-corrected chi connectivity index (χ2v) is 5.09. The molecule has 2 N–H and O–H groups in total. The first kappa shape index (κ1) is 14.0. The van der Waals surface area contributed by atoms with Crippen molar-refractivity contribution in [2.24, 2.45) is 11.7 Å². The van der Waals surface area contributed by atoms with Gasteiger partial charge in [0.05, 0.1) is 18.4 Å². The van der Waals surface area contributed by atoms with Crippen molar-refractivity contribution in [2.45, 2.75) is 25.4 Å². The van der Waals surface area contributed by atoms with Crippen LogP contribution >= 0.6 is 0 Å². The number of esters is 1. The number of carbonyl (C=O) groups is 1. The van der Waals surface area contributed by atoms with Crippen molar-refractivity contribution in [3.63, 3.8) is 0 Å². The third-order valence-corrected chi connectivity index (χ3v) is 3.63. The van der Waals surface area contributed by atoms with Crippen molar-refractivity contribution in [1.29, 1.82) is 0 Å². The molecule has 2 rings (SSSR count). The summed E-state index contributed by atoms with van der Waals surface area (Å²) < 4.78 is 4.65. The molecule has 1 aliphatic carbocycles. The van der Waals surface area contributed by atoms with E-state index < -0.39 is 0 Å². The summed E-state index contributed by atoms with van der Waals surface area (Å²) in [6.07, 6.45) is 4.12. The highest BCUT2D eigenvalue weighted by molar-refractivity contribution is 5.88. The molecule has 1 atom stereocenters. The van der Waals surface area contributed by atoms with Gasteiger partial charge in [-0.05, 0) is 37.9 Å². The van der Waals surface area contributed by atoms with Gasteiger partial charge < -0.3 is 10.5 Å². The van der Waals surface area contributed by atoms with E-state index in [4.69, 9.17) is 5.73 Å². The second kappa shape index (κ2) is 6.12. The second-order valence-electron chi connectivity index (χ2n) is 5.09. The number of hydrogen-bond donors (Lipinski definition) is 1. The normalized spacial score (nSPS) is 16.4. The van der Waals surface area contributed by atoms with Crippen LogP contribution in [0, 0.1) is 5.92 Å². The lowest BCUT2D eigenvalue weighted by Crippen LogP contribution is -2.39. The number of nitrogens with two attached hydrogens (primary N) is 1. The SMILES string of the molecule is COC(=O)c1ccc(CN(C)C(CN)C2CC2)nc1. The van der Waals surface area contributed by atoms with Crippen LogP contribution in [0.4, 0.5) is 0 Å². The molecule has 1 aliphatic rings. The smallest absolute Gasteiger partial charge is 0.339 e. The standard InChI is InChI=1S/C14H21N3O2/c1-17(13(7-15)10-3-4-10)9-12-6-5-11(8-16-12)14(18)19-2/h5-6,8,10,13H,3-4,7,9,15H2,1-2H3. The van der Waals surface area contributed by atoms with E-state index in [9.17, 15) is 4.79 Å². The summed E-state index contributed by atoms with van der Waals surface area (Å²) in [6, 6.07) is 4.04. The van der Waals surface area contributed by atoms with Crippen molar-refractivity contribution in [2.75, 3.05) is 20.7 Å². The van der Waals surface area contributed by atoms with E-state index >= 15 is 0 Å². The molecule has 1 fully saturated rings. The van der Waals surface area contributed by atoms with Gasteiger partial charge in [0.1, 0.15) is 0 Å². The molecular weight excluding hydrogens is 242 g/mol. The van der Waals surface area contributed by atoms with Crippen LogP contribution < -0.4 is 5.73 Å². The summed E-state index contributed by atoms with van der Waals surface area (Å²) in [4.78, 5) is 17.9. The Morgan fingerprint density at radius 3 is 2.79 bits per heavy atom. The first-order valence-electron chi connectivity index (χ1n) is 6.59. The van der Waals surface area contributed by atoms with E-state index in [-0.39, 0.29) is 5.97 Å². The molecule has 1 heterocycles. The van der Waals surface area contributed by atoms with Crippen molar-refractivity contribution >= 4 is 5.97 Å². The van der Waals surface area contributed by atoms with Gasteiger partial charge >= 0.3 is 5.97 Å². The summed E-state index contributed by atoms with van der Waals surface area (Å²) in [5.74, 6) is 0.384. The van der Waals surface area contributed by atoms with Gasteiger partial charge in [0.25, 0.3) is 0 Å². The Labute approximate surface area is 113 Å². The Morgan fingerprint density at radius 1 is 1.58 bits per heavy atom. The van der Waals surface area contributed by atoms with E-state index in [0.717, 1.165) is 18.2 Å². The van der Waals surface area contributed by atoms with Crippen LogP contribution in [0.15, 0.2) is 18.3 Å². The molecule has 1 unspecified atom stereocenters. The lowest BCUT2D eigenvalue weighted by molar-refractivity contribution is 0.0600. The van der Waals surface area contributed by atoms with Crippen LogP contribution in [0.2, 0.25) is 0 Å². The lowest BCUT2D eigenvalue weighted by Gasteiger charge is -2.26. The minimum atomic E-state index is -0.356. The van der Waals surface area contributed by atoms with Crippen molar-refractivity contribution in [3.8, 4) is 0 Å². The molecule has 0 radical (unpaired) electrons. The van der Waals surface area contributed by atoms with Crippen LogP contribution in [-0.2, 0) is 11.3 Å². The maximum Gasteiger partial charge on any atom is 0.339 e. The monoisotopic (exact) mass is 263 g/mol. The van der Waals surface area contributed by atoms with Crippen LogP contribution in [0.3, 0.4) is 0 Å². The topological polar surface area (TPSA) is 68.5 Å². The molecular formula is C14H21N3O2. The molecule has 0 aliphatic heterocycles. The molecule has 1 aromatic rings. The molecule has 0 bridgehead atoms. The fourth-order valence-corrected chi connectivity index (χ4v) is 2.34. The summed E-state index contributed by atoms with van der Waals surface area (Å²) in [7, 11) is 3.44. The van der Waals surface area contributed by atoms with Crippen LogP contribution in [-0.4, -0.2) is 42.6 Å². The van der Waals surface area contributed by atoms with Gasteiger partial charge in [0.2, 0.25) is 0 Å². The fourth-order valence-electron chi connectivity index (χ4n) is 2.34. The first-order valence-corrected chi connectivity index (χ1v) is 6.59. The van der Waals surface area contributed by atoms with Gasteiger partial charge in [-0.25, -0.2) is 4.79 Å². The van der Waals surface area contributed by atoms with Crippen LogP contribution in [0.1, 0.15) is 28.9 Å². The zero-order valence-electron chi connectivity index (χ0n) is 11.5. The van der Waals surface area contributed by atoms with E-state index in [2.05, 4.69) is 21.7 Å². The van der Waals surface area contributed by atoms with Crippen LogP contribution in [0.5, 0.6) is 0 Å². The Balaban J connectivity index is 1.96. The molecule has 5 heteroatoms. The maximum absolute atomic E-state index is 11.3. The number of likely N-dealkylation sites (N-methyl/N-ethyl adjacent to an activating group) is 1. The Morgan fingerprint density at radius 2 is 2.32 bits per heavy atom.